The van der Waals surface area contributed by atoms with Crippen molar-refractivity contribution in [3.8, 4) is 0 Å². The van der Waals surface area contributed by atoms with E-state index in [0.29, 0.717) is 12.1 Å². The SMILES string of the molecule is O=C(NCC1CCCO1)c1ccc(F)cc1. The van der Waals surface area contributed by atoms with Crippen molar-refractivity contribution in [2.24, 2.45) is 0 Å². The van der Waals surface area contributed by atoms with Crippen LogP contribution in [-0.2, 0) is 4.74 Å². The van der Waals surface area contributed by atoms with E-state index in [9.17, 15) is 9.18 Å². The summed E-state index contributed by atoms with van der Waals surface area (Å²) in [6.07, 6.45) is 2.17. The van der Waals surface area contributed by atoms with Crippen molar-refractivity contribution in [3.63, 3.8) is 0 Å². The number of halogens is 1. The summed E-state index contributed by atoms with van der Waals surface area (Å²) in [5.74, 6) is -0.522. The fourth-order valence-corrected chi connectivity index (χ4v) is 1.72. The van der Waals surface area contributed by atoms with Crippen LogP contribution in [-0.4, -0.2) is 25.2 Å². The molecule has 1 fully saturated rings. The predicted octanol–water partition coefficient (Wildman–Crippen LogP) is 1.73. The molecule has 1 saturated heterocycles. The average Bonchev–Trinajstić information content (AvgIpc) is 2.80. The van der Waals surface area contributed by atoms with Crippen molar-refractivity contribution < 1.29 is 13.9 Å². The van der Waals surface area contributed by atoms with Crippen LogP contribution in [0.15, 0.2) is 24.3 Å². The molecule has 16 heavy (non-hydrogen) atoms. The Balaban J connectivity index is 1.85. The molecule has 1 N–H and O–H groups in total. The van der Waals surface area contributed by atoms with E-state index in [4.69, 9.17) is 4.74 Å². The van der Waals surface area contributed by atoms with E-state index in [0.717, 1.165) is 19.4 Å². The lowest BCUT2D eigenvalue weighted by molar-refractivity contribution is 0.0857. The largest absolute Gasteiger partial charge is 0.376 e. The van der Waals surface area contributed by atoms with Crippen LogP contribution in [0, 0.1) is 5.82 Å². The standard InChI is InChI=1S/C12H14FNO2/c13-10-5-3-9(4-6-10)12(15)14-8-11-2-1-7-16-11/h3-6,11H,1-2,7-8H2,(H,14,15). The molecular formula is C12H14FNO2. The maximum atomic E-state index is 12.6. The van der Waals surface area contributed by atoms with E-state index in [-0.39, 0.29) is 17.8 Å². The first-order chi connectivity index (χ1) is 7.75. The predicted molar refractivity (Wildman–Crippen MR) is 57.7 cm³/mol. The van der Waals surface area contributed by atoms with Gasteiger partial charge in [0.2, 0.25) is 0 Å². The summed E-state index contributed by atoms with van der Waals surface area (Å²) in [7, 11) is 0. The molecular weight excluding hydrogens is 209 g/mol. The zero-order chi connectivity index (χ0) is 11.4. The number of carbonyl (C=O) groups is 1. The second-order valence-electron chi connectivity index (χ2n) is 3.85. The van der Waals surface area contributed by atoms with E-state index < -0.39 is 0 Å². The fraction of sp³-hybridized carbons (Fsp3) is 0.417. The molecule has 1 aliphatic rings. The quantitative estimate of drug-likeness (QED) is 0.847. The van der Waals surface area contributed by atoms with Gasteiger partial charge in [-0.3, -0.25) is 4.79 Å². The van der Waals surface area contributed by atoms with E-state index in [1.165, 1.54) is 24.3 Å². The third-order valence-electron chi connectivity index (χ3n) is 2.62. The lowest BCUT2D eigenvalue weighted by Gasteiger charge is -2.10. The molecule has 0 spiro atoms. The van der Waals surface area contributed by atoms with Crippen LogP contribution in [0.5, 0.6) is 0 Å². The van der Waals surface area contributed by atoms with E-state index in [1.807, 2.05) is 0 Å². The molecule has 0 saturated carbocycles. The molecule has 2 rings (SSSR count). The number of nitrogens with one attached hydrogen (secondary N) is 1. The van der Waals surface area contributed by atoms with Crippen LogP contribution < -0.4 is 5.32 Å². The molecule has 1 aliphatic heterocycles. The van der Waals surface area contributed by atoms with Crippen LogP contribution in [0.2, 0.25) is 0 Å². The number of amides is 1. The first kappa shape index (κ1) is 11.1. The third kappa shape index (κ3) is 2.79. The van der Waals surface area contributed by atoms with Gasteiger partial charge in [-0.05, 0) is 37.1 Å². The van der Waals surface area contributed by atoms with Gasteiger partial charge in [-0.25, -0.2) is 4.39 Å². The molecule has 1 amide bonds. The molecule has 3 nitrogen and oxygen atoms in total. The monoisotopic (exact) mass is 223 g/mol. The maximum absolute atomic E-state index is 12.6. The van der Waals surface area contributed by atoms with Crippen LogP contribution >= 0.6 is 0 Å². The number of ether oxygens (including phenoxy) is 1. The van der Waals surface area contributed by atoms with Gasteiger partial charge in [0.05, 0.1) is 6.10 Å². The molecule has 0 aliphatic carbocycles. The molecule has 1 aromatic carbocycles. The number of hydrogen-bond acceptors (Lipinski definition) is 2. The van der Waals surface area contributed by atoms with Gasteiger partial charge in [0.15, 0.2) is 0 Å². The first-order valence-electron chi connectivity index (χ1n) is 5.41. The molecule has 0 radical (unpaired) electrons. The highest BCUT2D eigenvalue weighted by Gasteiger charge is 2.16. The van der Waals surface area contributed by atoms with Crippen LogP contribution in [0.25, 0.3) is 0 Å². The van der Waals surface area contributed by atoms with Crippen LogP contribution in [0.1, 0.15) is 23.2 Å². The van der Waals surface area contributed by atoms with Crippen LogP contribution in [0.4, 0.5) is 4.39 Å². The Bertz CT molecular complexity index is 358. The Kier molecular flexibility index (Phi) is 3.51. The Morgan fingerprint density at radius 3 is 2.81 bits per heavy atom. The lowest BCUT2D eigenvalue weighted by Crippen LogP contribution is -2.31. The van der Waals surface area contributed by atoms with Gasteiger partial charge in [-0.1, -0.05) is 0 Å². The van der Waals surface area contributed by atoms with E-state index in [2.05, 4.69) is 5.32 Å². The van der Waals surface area contributed by atoms with Gasteiger partial charge in [0.25, 0.3) is 5.91 Å². The zero-order valence-corrected chi connectivity index (χ0v) is 8.91. The van der Waals surface area contributed by atoms with E-state index in [1.54, 1.807) is 0 Å². The molecule has 1 atom stereocenters. The van der Waals surface area contributed by atoms with Crippen molar-refractivity contribution in [2.75, 3.05) is 13.2 Å². The summed E-state index contributed by atoms with van der Waals surface area (Å²) < 4.78 is 18.0. The minimum absolute atomic E-state index is 0.129. The molecule has 0 aromatic heterocycles. The minimum Gasteiger partial charge on any atom is -0.376 e. The second kappa shape index (κ2) is 5.07. The first-order valence-corrected chi connectivity index (χ1v) is 5.41. The van der Waals surface area contributed by atoms with Crippen molar-refractivity contribution >= 4 is 5.91 Å². The number of benzene rings is 1. The van der Waals surface area contributed by atoms with Gasteiger partial charge in [-0.15, -0.1) is 0 Å². The molecule has 4 heteroatoms. The van der Waals surface area contributed by atoms with Gasteiger partial charge in [0.1, 0.15) is 5.82 Å². The Hall–Kier alpha value is -1.42. The molecule has 86 valence electrons. The highest BCUT2D eigenvalue weighted by Crippen LogP contribution is 2.11. The lowest BCUT2D eigenvalue weighted by atomic mass is 10.2. The number of rotatable bonds is 3. The number of hydrogen-bond donors (Lipinski definition) is 1. The summed E-state index contributed by atoms with van der Waals surface area (Å²) >= 11 is 0. The number of carbonyl (C=O) groups excluding carboxylic acids is 1. The smallest absolute Gasteiger partial charge is 0.251 e. The van der Waals surface area contributed by atoms with Crippen LogP contribution in [0.3, 0.4) is 0 Å². The van der Waals surface area contributed by atoms with Crippen molar-refractivity contribution in [1.82, 2.24) is 5.32 Å². The summed E-state index contributed by atoms with van der Waals surface area (Å²) in [5.41, 5.74) is 0.472. The second-order valence-corrected chi connectivity index (χ2v) is 3.85. The van der Waals surface area contributed by atoms with E-state index >= 15 is 0 Å². The fourth-order valence-electron chi connectivity index (χ4n) is 1.72. The highest BCUT2D eigenvalue weighted by atomic mass is 19.1. The Labute approximate surface area is 93.6 Å². The highest BCUT2D eigenvalue weighted by molar-refractivity contribution is 5.94. The summed E-state index contributed by atoms with van der Waals surface area (Å²) in [6.45, 7) is 1.30. The summed E-state index contributed by atoms with van der Waals surface area (Å²) in [4.78, 5) is 11.6. The summed E-state index contributed by atoms with van der Waals surface area (Å²) in [6, 6.07) is 5.50. The van der Waals surface area contributed by atoms with Gasteiger partial charge in [-0.2, -0.15) is 0 Å². The maximum Gasteiger partial charge on any atom is 0.251 e. The van der Waals surface area contributed by atoms with Gasteiger partial charge < -0.3 is 10.1 Å². The zero-order valence-electron chi connectivity index (χ0n) is 8.91. The van der Waals surface area contributed by atoms with Gasteiger partial charge in [0, 0.05) is 18.7 Å². The van der Waals surface area contributed by atoms with Crippen molar-refractivity contribution in [2.45, 2.75) is 18.9 Å². The van der Waals surface area contributed by atoms with Gasteiger partial charge >= 0.3 is 0 Å². The topological polar surface area (TPSA) is 38.3 Å². The Morgan fingerprint density at radius 2 is 2.19 bits per heavy atom. The molecule has 1 aromatic rings. The third-order valence-corrected chi connectivity index (χ3v) is 2.62. The minimum atomic E-state index is -0.337. The summed E-state index contributed by atoms with van der Waals surface area (Å²) in [5, 5.41) is 2.77. The van der Waals surface area contributed by atoms with Crippen molar-refractivity contribution in [3.05, 3.63) is 35.6 Å². The van der Waals surface area contributed by atoms with Crippen molar-refractivity contribution in [1.29, 1.82) is 0 Å². The normalized spacial score (nSPS) is 19.7. The average molecular weight is 223 g/mol. The molecule has 1 unspecified atom stereocenters. The Morgan fingerprint density at radius 1 is 1.44 bits per heavy atom. The molecule has 0 bridgehead atoms. The molecule has 1 heterocycles.